The standard InChI is InChI=1S/C15H22N2O3/c1-19-13-6-4-5-12(9-13)17-14(18)10-20-15(11-16)7-2-3-8-15/h4-6,9H,2-3,7-8,10-11,16H2,1H3,(H,17,18). The Morgan fingerprint density at radius 1 is 1.40 bits per heavy atom. The van der Waals surface area contributed by atoms with Gasteiger partial charge in [0.25, 0.3) is 0 Å². The van der Waals surface area contributed by atoms with E-state index < -0.39 is 0 Å². The molecule has 5 heteroatoms. The van der Waals surface area contributed by atoms with E-state index in [0.29, 0.717) is 18.0 Å². The smallest absolute Gasteiger partial charge is 0.250 e. The summed E-state index contributed by atoms with van der Waals surface area (Å²) in [6.45, 7) is 0.508. The van der Waals surface area contributed by atoms with Crippen molar-refractivity contribution in [2.24, 2.45) is 5.73 Å². The van der Waals surface area contributed by atoms with Gasteiger partial charge in [0.05, 0.1) is 12.7 Å². The zero-order valence-electron chi connectivity index (χ0n) is 11.9. The van der Waals surface area contributed by atoms with E-state index in [1.165, 1.54) is 0 Å². The van der Waals surface area contributed by atoms with Crippen molar-refractivity contribution in [2.75, 3.05) is 25.6 Å². The lowest BCUT2D eigenvalue weighted by molar-refractivity contribution is -0.127. The van der Waals surface area contributed by atoms with Crippen LogP contribution < -0.4 is 15.8 Å². The molecule has 1 amide bonds. The highest BCUT2D eigenvalue weighted by molar-refractivity contribution is 5.91. The van der Waals surface area contributed by atoms with Gasteiger partial charge in [-0.25, -0.2) is 0 Å². The number of nitrogens with one attached hydrogen (secondary N) is 1. The van der Waals surface area contributed by atoms with Gasteiger partial charge in [0.2, 0.25) is 5.91 Å². The summed E-state index contributed by atoms with van der Waals surface area (Å²) in [5.74, 6) is 0.538. The second-order valence-electron chi connectivity index (χ2n) is 5.16. The Kier molecular flexibility index (Phi) is 4.98. The summed E-state index contributed by atoms with van der Waals surface area (Å²) in [5.41, 5.74) is 6.17. The van der Waals surface area contributed by atoms with Gasteiger partial charge in [-0.15, -0.1) is 0 Å². The van der Waals surface area contributed by atoms with E-state index in [4.69, 9.17) is 15.2 Å². The van der Waals surface area contributed by atoms with Crippen LogP contribution in [0.25, 0.3) is 0 Å². The lowest BCUT2D eigenvalue weighted by atomic mass is 10.0. The normalized spacial score (nSPS) is 16.9. The Labute approximate surface area is 119 Å². The molecule has 0 atom stereocenters. The van der Waals surface area contributed by atoms with E-state index in [0.717, 1.165) is 25.7 Å². The SMILES string of the molecule is COc1cccc(NC(=O)COC2(CN)CCCC2)c1. The summed E-state index contributed by atoms with van der Waals surface area (Å²) >= 11 is 0. The Bertz CT molecular complexity index is 456. The first kappa shape index (κ1) is 14.8. The van der Waals surface area contributed by atoms with Crippen LogP contribution in [0.1, 0.15) is 25.7 Å². The first-order valence-electron chi connectivity index (χ1n) is 6.95. The van der Waals surface area contributed by atoms with Gasteiger partial charge in [0.15, 0.2) is 0 Å². The Hall–Kier alpha value is -1.59. The van der Waals surface area contributed by atoms with Gasteiger partial charge < -0.3 is 20.5 Å². The van der Waals surface area contributed by atoms with E-state index in [1.807, 2.05) is 18.2 Å². The maximum absolute atomic E-state index is 11.9. The third-order valence-electron chi connectivity index (χ3n) is 3.75. The van der Waals surface area contributed by atoms with E-state index in [2.05, 4.69) is 5.32 Å². The zero-order chi connectivity index (χ0) is 14.4. The van der Waals surface area contributed by atoms with Crippen molar-refractivity contribution >= 4 is 11.6 Å². The van der Waals surface area contributed by atoms with Crippen LogP contribution in [0.3, 0.4) is 0 Å². The number of hydrogen-bond donors (Lipinski definition) is 2. The molecule has 1 fully saturated rings. The fraction of sp³-hybridized carbons (Fsp3) is 0.533. The summed E-state index contributed by atoms with van der Waals surface area (Å²) in [6.07, 6.45) is 4.12. The van der Waals surface area contributed by atoms with Gasteiger partial charge >= 0.3 is 0 Å². The van der Waals surface area contributed by atoms with E-state index in [9.17, 15) is 4.79 Å². The minimum Gasteiger partial charge on any atom is -0.497 e. The third kappa shape index (κ3) is 3.71. The number of benzene rings is 1. The highest BCUT2D eigenvalue weighted by Crippen LogP contribution is 2.32. The minimum atomic E-state index is -0.300. The van der Waals surface area contributed by atoms with E-state index in [1.54, 1.807) is 13.2 Å². The molecule has 1 aromatic carbocycles. The molecule has 2 rings (SSSR count). The fourth-order valence-electron chi connectivity index (χ4n) is 2.54. The molecule has 5 nitrogen and oxygen atoms in total. The van der Waals surface area contributed by atoms with Gasteiger partial charge in [0.1, 0.15) is 12.4 Å². The predicted octanol–water partition coefficient (Wildman–Crippen LogP) is 1.92. The van der Waals surface area contributed by atoms with Gasteiger partial charge in [-0.05, 0) is 25.0 Å². The molecular weight excluding hydrogens is 256 g/mol. The van der Waals surface area contributed by atoms with Crippen molar-refractivity contribution in [3.05, 3.63) is 24.3 Å². The van der Waals surface area contributed by atoms with Crippen LogP contribution in [0, 0.1) is 0 Å². The van der Waals surface area contributed by atoms with Gasteiger partial charge in [-0.1, -0.05) is 18.9 Å². The monoisotopic (exact) mass is 278 g/mol. The molecule has 0 spiro atoms. The molecule has 0 heterocycles. The quantitative estimate of drug-likeness (QED) is 0.833. The van der Waals surface area contributed by atoms with Crippen LogP contribution in [0.5, 0.6) is 5.75 Å². The molecule has 1 aromatic rings. The van der Waals surface area contributed by atoms with Crippen LogP contribution in [-0.4, -0.2) is 31.8 Å². The average molecular weight is 278 g/mol. The number of ether oxygens (including phenoxy) is 2. The fourth-order valence-corrected chi connectivity index (χ4v) is 2.54. The Morgan fingerprint density at radius 3 is 2.80 bits per heavy atom. The first-order valence-corrected chi connectivity index (χ1v) is 6.95. The van der Waals surface area contributed by atoms with Crippen LogP contribution >= 0.6 is 0 Å². The first-order chi connectivity index (χ1) is 9.67. The average Bonchev–Trinajstić information content (AvgIpc) is 2.95. The number of anilines is 1. The number of carbonyl (C=O) groups is 1. The molecular formula is C15H22N2O3. The summed E-state index contributed by atoms with van der Waals surface area (Å²) < 4.78 is 10.9. The number of rotatable bonds is 6. The summed E-state index contributed by atoms with van der Waals surface area (Å²) in [5, 5.41) is 2.80. The highest BCUT2D eigenvalue weighted by atomic mass is 16.5. The summed E-state index contributed by atoms with van der Waals surface area (Å²) in [4.78, 5) is 11.9. The molecule has 110 valence electrons. The predicted molar refractivity (Wildman–Crippen MR) is 77.8 cm³/mol. The lowest BCUT2D eigenvalue weighted by Crippen LogP contribution is -2.40. The molecule has 0 bridgehead atoms. The van der Waals surface area contributed by atoms with Crippen molar-refractivity contribution in [1.82, 2.24) is 0 Å². The second kappa shape index (κ2) is 6.72. The topological polar surface area (TPSA) is 73.6 Å². The van der Waals surface area contributed by atoms with E-state index >= 15 is 0 Å². The summed E-state index contributed by atoms with van der Waals surface area (Å²) in [7, 11) is 1.59. The Morgan fingerprint density at radius 2 is 2.15 bits per heavy atom. The summed E-state index contributed by atoms with van der Waals surface area (Å²) in [6, 6.07) is 7.24. The number of hydrogen-bond acceptors (Lipinski definition) is 4. The van der Waals surface area contributed by atoms with Crippen LogP contribution in [-0.2, 0) is 9.53 Å². The molecule has 20 heavy (non-hydrogen) atoms. The van der Waals surface area contributed by atoms with E-state index in [-0.39, 0.29) is 18.1 Å². The van der Waals surface area contributed by atoms with Crippen molar-refractivity contribution < 1.29 is 14.3 Å². The number of methoxy groups -OCH3 is 1. The molecule has 1 saturated carbocycles. The molecule has 0 unspecified atom stereocenters. The van der Waals surface area contributed by atoms with Crippen LogP contribution in [0.4, 0.5) is 5.69 Å². The van der Waals surface area contributed by atoms with Gasteiger partial charge in [0, 0.05) is 18.3 Å². The number of amides is 1. The molecule has 0 aromatic heterocycles. The number of carbonyl (C=O) groups excluding carboxylic acids is 1. The van der Waals surface area contributed by atoms with Gasteiger partial charge in [-0.3, -0.25) is 4.79 Å². The zero-order valence-corrected chi connectivity index (χ0v) is 11.9. The molecule has 3 N–H and O–H groups in total. The number of nitrogens with two attached hydrogens (primary N) is 1. The molecule has 1 aliphatic carbocycles. The largest absolute Gasteiger partial charge is 0.497 e. The lowest BCUT2D eigenvalue weighted by Gasteiger charge is -2.27. The van der Waals surface area contributed by atoms with Crippen LogP contribution in [0.2, 0.25) is 0 Å². The minimum absolute atomic E-state index is 0.0361. The maximum Gasteiger partial charge on any atom is 0.250 e. The highest BCUT2D eigenvalue weighted by Gasteiger charge is 2.33. The third-order valence-corrected chi connectivity index (χ3v) is 3.75. The molecule has 0 radical (unpaired) electrons. The van der Waals surface area contributed by atoms with Gasteiger partial charge in [-0.2, -0.15) is 0 Å². The second-order valence-corrected chi connectivity index (χ2v) is 5.16. The molecule has 0 saturated heterocycles. The van der Waals surface area contributed by atoms with Crippen LogP contribution in [0.15, 0.2) is 24.3 Å². The maximum atomic E-state index is 11.9. The van der Waals surface area contributed by atoms with Crippen molar-refractivity contribution in [1.29, 1.82) is 0 Å². The molecule has 1 aliphatic rings. The Balaban J connectivity index is 1.85. The molecule has 0 aliphatic heterocycles. The van der Waals surface area contributed by atoms with Crippen molar-refractivity contribution in [3.8, 4) is 5.75 Å². The van der Waals surface area contributed by atoms with Crippen molar-refractivity contribution in [3.63, 3.8) is 0 Å². The van der Waals surface area contributed by atoms with Crippen molar-refractivity contribution in [2.45, 2.75) is 31.3 Å².